The Bertz CT molecular complexity index is 1660. The van der Waals surface area contributed by atoms with Crippen molar-refractivity contribution in [3.05, 3.63) is 119 Å². The fraction of sp³-hybridized carbons (Fsp3) is 0.366. The van der Waals surface area contributed by atoms with Crippen LogP contribution in [0.3, 0.4) is 0 Å². The zero-order valence-electron chi connectivity index (χ0n) is 30.1. The molecule has 0 radical (unpaired) electrons. The van der Waals surface area contributed by atoms with Crippen LogP contribution in [0.2, 0.25) is 5.02 Å². The number of aliphatic carboxylic acids is 1. The first-order valence-corrected chi connectivity index (χ1v) is 17.7. The fourth-order valence-corrected chi connectivity index (χ4v) is 5.66. The number of carbonyl (C=O) groups is 4. The van der Waals surface area contributed by atoms with Gasteiger partial charge in [0.2, 0.25) is 5.91 Å². The van der Waals surface area contributed by atoms with Gasteiger partial charge in [0.15, 0.2) is 6.10 Å². The number of esters is 2. The molecule has 0 fully saturated rings. The SMILES string of the molecule is COc1ccc(C[C@@H](NC(=O)/C=C/C[C@H](OC(=O)[C@H](CC(C)C)OC(=O)C[C@H](N)Cc2ccccc2)[C@H](C)/C=C/c2ccccc2)C(=O)O)cc1Cl. The third-order valence-corrected chi connectivity index (χ3v) is 8.44. The largest absolute Gasteiger partial charge is 0.495 e. The Balaban J connectivity index is 1.71. The Morgan fingerprint density at radius 3 is 2.19 bits per heavy atom. The van der Waals surface area contributed by atoms with Crippen molar-refractivity contribution in [1.82, 2.24) is 5.32 Å². The van der Waals surface area contributed by atoms with Gasteiger partial charge >= 0.3 is 17.9 Å². The molecule has 52 heavy (non-hydrogen) atoms. The van der Waals surface area contributed by atoms with Crippen molar-refractivity contribution in [2.45, 2.75) is 77.2 Å². The lowest BCUT2D eigenvalue weighted by Crippen LogP contribution is -2.41. The van der Waals surface area contributed by atoms with Gasteiger partial charge in [0, 0.05) is 24.8 Å². The van der Waals surface area contributed by atoms with Gasteiger partial charge in [-0.25, -0.2) is 9.59 Å². The van der Waals surface area contributed by atoms with E-state index >= 15 is 0 Å². The number of ether oxygens (including phenoxy) is 3. The number of benzene rings is 3. The minimum atomic E-state index is -1.23. The number of rotatable bonds is 20. The topological polar surface area (TPSA) is 154 Å². The quantitative estimate of drug-likeness (QED) is 0.0863. The van der Waals surface area contributed by atoms with E-state index in [9.17, 15) is 24.3 Å². The molecule has 3 aromatic rings. The van der Waals surface area contributed by atoms with E-state index in [0.717, 1.165) is 11.1 Å². The molecule has 4 N–H and O–H groups in total. The Morgan fingerprint density at radius 1 is 0.904 bits per heavy atom. The van der Waals surface area contributed by atoms with E-state index in [0.29, 0.717) is 22.8 Å². The van der Waals surface area contributed by atoms with Crippen molar-refractivity contribution in [3.8, 4) is 5.75 Å². The monoisotopic (exact) mass is 732 g/mol. The zero-order valence-corrected chi connectivity index (χ0v) is 30.8. The number of carboxylic acids is 1. The molecule has 0 unspecified atom stereocenters. The molecule has 0 aliphatic heterocycles. The maximum Gasteiger partial charge on any atom is 0.347 e. The zero-order chi connectivity index (χ0) is 38.0. The highest BCUT2D eigenvalue weighted by molar-refractivity contribution is 6.32. The molecule has 1 amide bonds. The number of carbonyl (C=O) groups excluding carboxylic acids is 3. The van der Waals surface area contributed by atoms with Crippen LogP contribution >= 0.6 is 11.6 Å². The van der Waals surface area contributed by atoms with Crippen LogP contribution in [-0.2, 0) is 41.5 Å². The number of methoxy groups -OCH3 is 1. The number of amides is 1. The normalized spacial score (nSPS) is 14.4. The summed E-state index contributed by atoms with van der Waals surface area (Å²) in [4.78, 5) is 51.4. The molecule has 0 saturated heterocycles. The Labute approximate surface area is 311 Å². The number of hydrogen-bond donors (Lipinski definition) is 3. The highest BCUT2D eigenvalue weighted by atomic mass is 35.5. The van der Waals surface area contributed by atoms with Crippen molar-refractivity contribution in [2.75, 3.05) is 7.11 Å². The van der Waals surface area contributed by atoms with Crippen molar-refractivity contribution in [1.29, 1.82) is 0 Å². The standard InChI is InChI=1S/C41H49ClN2O8/c1-27(2)22-37(51-39(46)26-32(43)23-30-14-9-6-10-15-30)41(49)52-35(28(3)18-19-29-12-7-5-8-13-29)16-11-17-38(45)44-34(40(47)48)25-31-20-21-36(50-4)33(42)24-31/h5-15,17-21,24,27-28,32,34-35,37H,16,22-23,25-26,43H2,1-4H3,(H,44,45)(H,47,48)/b17-11+,19-18+/t28-,32-,34-,35+,37+/m1/s1. The third kappa shape index (κ3) is 14.7. The summed E-state index contributed by atoms with van der Waals surface area (Å²) in [7, 11) is 1.48. The predicted octanol–water partition coefficient (Wildman–Crippen LogP) is 6.59. The number of halogens is 1. The van der Waals surface area contributed by atoms with E-state index in [2.05, 4.69) is 5.32 Å². The van der Waals surface area contributed by atoms with Crippen LogP contribution in [-0.4, -0.2) is 60.3 Å². The van der Waals surface area contributed by atoms with Crippen LogP contribution in [0.4, 0.5) is 0 Å². The Hall–Kier alpha value is -4.93. The van der Waals surface area contributed by atoms with E-state index in [1.807, 2.05) is 93.6 Å². The molecular formula is C41H49ClN2O8. The molecule has 10 nitrogen and oxygen atoms in total. The summed E-state index contributed by atoms with van der Waals surface area (Å²) in [5, 5.41) is 12.6. The number of hydrogen-bond acceptors (Lipinski definition) is 8. The summed E-state index contributed by atoms with van der Waals surface area (Å²) in [5.41, 5.74) is 8.77. The van der Waals surface area contributed by atoms with Crippen LogP contribution in [0.15, 0.2) is 97.1 Å². The van der Waals surface area contributed by atoms with Gasteiger partial charge in [-0.15, -0.1) is 0 Å². The second-order valence-corrected chi connectivity index (χ2v) is 13.5. The fourth-order valence-electron chi connectivity index (χ4n) is 5.38. The molecule has 0 aromatic heterocycles. The van der Waals surface area contributed by atoms with Crippen LogP contribution in [0.5, 0.6) is 5.75 Å². The maximum absolute atomic E-state index is 13.6. The number of carboxylic acid groups (broad SMARTS) is 1. The second-order valence-electron chi connectivity index (χ2n) is 13.1. The molecule has 0 heterocycles. The first-order valence-electron chi connectivity index (χ1n) is 17.3. The summed E-state index contributed by atoms with van der Waals surface area (Å²) >= 11 is 6.19. The second kappa shape index (κ2) is 21.4. The highest BCUT2D eigenvalue weighted by Crippen LogP contribution is 2.25. The Morgan fingerprint density at radius 2 is 1.58 bits per heavy atom. The summed E-state index contributed by atoms with van der Waals surface area (Å²) in [6, 6.07) is 22.3. The molecule has 0 aliphatic rings. The van der Waals surface area contributed by atoms with Crippen LogP contribution < -0.4 is 15.8 Å². The lowest BCUT2D eigenvalue weighted by Gasteiger charge is -2.25. The smallest absolute Gasteiger partial charge is 0.347 e. The average molecular weight is 733 g/mol. The van der Waals surface area contributed by atoms with Crippen molar-refractivity contribution >= 4 is 41.5 Å². The Kier molecular flexibility index (Phi) is 17.1. The number of nitrogens with two attached hydrogens (primary N) is 1. The predicted molar refractivity (Wildman–Crippen MR) is 202 cm³/mol. The molecule has 5 atom stereocenters. The van der Waals surface area contributed by atoms with Gasteiger partial charge in [0.05, 0.1) is 18.6 Å². The molecule has 0 aliphatic carbocycles. The van der Waals surface area contributed by atoms with Gasteiger partial charge in [0.25, 0.3) is 0 Å². The van der Waals surface area contributed by atoms with Crippen LogP contribution in [0.25, 0.3) is 6.08 Å². The summed E-state index contributed by atoms with van der Waals surface area (Å²) in [5.74, 6) is -3.01. The van der Waals surface area contributed by atoms with Gasteiger partial charge in [-0.1, -0.05) is 117 Å². The van der Waals surface area contributed by atoms with Gasteiger partial charge < -0.3 is 30.4 Å². The minimum absolute atomic E-state index is 0.00665. The van der Waals surface area contributed by atoms with E-state index in [1.165, 1.54) is 19.3 Å². The molecule has 278 valence electrons. The summed E-state index contributed by atoms with van der Waals surface area (Å²) in [6.07, 6.45) is 5.40. The maximum atomic E-state index is 13.6. The average Bonchev–Trinajstić information content (AvgIpc) is 3.10. The molecule has 11 heteroatoms. The summed E-state index contributed by atoms with van der Waals surface area (Å²) in [6.45, 7) is 5.69. The van der Waals surface area contributed by atoms with Gasteiger partial charge in [0.1, 0.15) is 17.9 Å². The first kappa shape index (κ1) is 41.5. The lowest BCUT2D eigenvalue weighted by molar-refractivity contribution is -0.173. The van der Waals surface area contributed by atoms with E-state index in [-0.39, 0.29) is 37.5 Å². The van der Waals surface area contributed by atoms with Gasteiger partial charge in [-0.2, -0.15) is 0 Å². The van der Waals surface area contributed by atoms with Gasteiger partial charge in [-0.05, 0) is 53.7 Å². The third-order valence-electron chi connectivity index (χ3n) is 8.15. The number of nitrogens with one attached hydrogen (secondary N) is 1. The summed E-state index contributed by atoms with van der Waals surface area (Å²) < 4.78 is 16.8. The highest BCUT2D eigenvalue weighted by Gasteiger charge is 2.30. The van der Waals surface area contributed by atoms with Gasteiger partial charge in [-0.3, -0.25) is 9.59 Å². The van der Waals surface area contributed by atoms with Crippen LogP contribution in [0, 0.1) is 11.8 Å². The molecule has 3 aromatic carbocycles. The molecule has 0 saturated carbocycles. The van der Waals surface area contributed by atoms with E-state index < -0.39 is 48.1 Å². The van der Waals surface area contributed by atoms with Crippen molar-refractivity contribution < 1.29 is 38.5 Å². The van der Waals surface area contributed by atoms with E-state index in [1.54, 1.807) is 18.2 Å². The first-order chi connectivity index (χ1) is 24.8. The van der Waals surface area contributed by atoms with Crippen molar-refractivity contribution in [2.24, 2.45) is 17.6 Å². The molecule has 0 spiro atoms. The van der Waals surface area contributed by atoms with Crippen molar-refractivity contribution in [3.63, 3.8) is 0 Å². The minimum Gasteiger partial charge on any atom is -0.495 e. The molecule has 0 bridgehead atoms. The lowest BCUT2D eigenvalue weighted by atomic mass is 9.99. The molecule has 3 rings (SSSR count). The van der Waals surface area contributed by atoms with E-state index in [4.69, 9.17) is 31.5 Å². The molecular weight excluding hydrogens is 684 g/mol. The van der Waals surface area contributed by atoms with Crippen LogP contribution in [0.1, 0.15) is 56.7 Å².